The van der Waals surface area contributed by atoms with E-state index in [-0.39, 0.29) is 23.9 Å². The fourth-order valence-corrected chi connectivity index (χ4v) is 3.13. The monoisotopic (exact) mass is 346 g/mol. The highest BCUT2D eigenvalue weighted by Gasteiger charge is 2.22. The normalized spacial score (nSPS) is 11.8. The fraction of sp³-hybridized carbons (Fsp3) is 0.174. The lowest BCUT2D eigenvalue weighted by Crippen LogP contribution is -2.10. The van der Waals surface area contributed by atoms with Gasteiger partial charge in [0.1, 0.15) is 11.5 Å². The molecule has 0 spiro atoms. The van der Waals surface area contributed by atoms with E-state index in [0.29, 0.717) is 5.56 Å². The molecular formula is C23H22O3. The van der Waals surface area contributed by atoms with Crippen LogP contribution in [0.5, 0.6) is 11.5 Å². The Kier molecular flexibility index (Phi) is 5.37. The number of hydrogen-bond donors (Lipinski definition) is 1. The Morgan fingerprint density at radius 2 is 1.69 bits per heavy atom. The molecule has 132 valence electrons. The molecule has 1 N–H and O–H groups in total. The number of aromatic hydroxyl groups is 1. The van der Waals surface area contributed by atoms with Crippen molar-refractivity contribution in [2.75, 3.05) is 7.11 Å². The van der Waals surface area contributed by atoms with Crippen LogP contribution in [0.2, 0.25) is 0 Å². The first-order chi connectivity index (χ1) is 12.6. The molecule has 0 aliphatic rings. The molecule has 0 fully saturated rings. The molecule has 0 bridgehead atoms. The number of phenols is 1. The molecule has 3 aromatic carbocycles. The molecule has 3 nitrogen and oxygen atoms in total. The van der Waals surface area contributed by atoms with Crippen LogP contribution in [0.15, 0.2) is 72.8 Å². The van der Waals surface area contributed by atoms with Crippen molar-refractivity contribution < 1.29 is 14.6 Å². The lowest BCUT2D eigenvalue weighted by atomic mass is 9.84. The number of benzene rings is 3. The highest BCUT2D eigenvalue weighted by Crippen LogP contribution is 2.35. The lowest BCUT2D eigenvalue weighted by molar-refractivity contribution is 0.0977. The summed E-state index contributed by atoms with van der Waals surface area (Å²) in [5.74, 6) is 0.762. The van der Waals surface area contributed by atoms with Crippen molar-refractivity contribution in [2.24, 2.45) is 0 Å². The zero-order chi connectivity index (χ0) is 18.5. The van der Waals surface area contributed by atoms with Crippen molar-refractivity contribution in [3.8, 4) is 11.5 Å². The fourth-order valence-electron chi connectivity index (χ4n) is 3.13. The number of rotatable bonds is 6. The molecule has 1 atom stereocenters. The molecule has 0 unspecified atom stereocenters. The number of ketones is 1. The number of carbonyl (C=O) groups excluding carboxylic acids is 1. The number of methoxy groups -OCH3 is 1. The third-order valence-corrected chi connectivity index (χ3v) is 4.56. The summed E-state index contributed by atoms with van der Waals surface area (Å²) in [6.07, 6.45) is 0.285. The molecule has 0 aliphatic carbocycles. The number of hydrogen-bond acceptors (Lipinski definition) is 3. The zero-order valence-electron chi connectivity index (χ0n) is 15.0. The molecule has 0 heterocycles. The minimum Gasteiger partial charge on any atom is -0.508 e. The third kappa shape index (κ3) is 3.94. The first kappa shape index (κ1) is 17.7. The number of carbonyl (C=O) groups is 1. The van der Waals surface area contributed by atoms with E-state index in [2.05, 4.69) is 0 Å². The molecule has 0 amide bonds. The van der Waals surface area contributed by atoms with Gasteiger partial charge in [0.05, 0.1) is 7.11 Å². The second-order valence-corrected chi connectivity index (χ2v) is 6.38. The van der Waals surface area contributed by atoms with Crippen molar-refractivity contribution in [3.63, 3.8) is 0 Å². The van der Waals surface area contributed by atoms with Crippen LogP contribution in [-0.2, 0) is 0 Å². The molecule has 26 heavy (non-hydrogen) atoms. The summed E-state index contributed by atoms with van der Waals surface area (Å²) in [6, 6.07) is 22.5. The molecule has 3 heteroatoms. The Labute approximate surface area is 153 Å². The number of Topliss-reactive ketones (excluding diaryl/α,β-unsaturated/α-hetero) is 1. The van der Waals surface area contributed by atoms with E-state index >= 15 is 0 Å². The van der Waals surface area contributed by atoms with Gasteiger partial charge in [0.2, 0.25) is 0 Å². The van der Waals surface area contributed by atoms with Gasteiger partial charge in [-0.3, -0.25) is 4.79 Å². The second kappa shape index (κ2) is 7.87. The summed E-state index contributed by atoms with van der Waals surface area (Å²) in [7, 11) is 1.60. The first-order valence-electron chi connectivity index (χ1n) is 8.60. The summed E-state index contributed by atoms with van der Waals surface area (Å²) in [6.45, 7) is 1.98. The van der Waals surface area contributed by atoms with Gasteiger partial charge in [-0.05, 0) is 42.8 Å². The smallest absolute Gasteiger partial charge is 0.163 e. The van der Waals surface area contributed by atoms with Gasteiger partial charge in [-0.1, -0.05) is 48.0 Å². The van der Waals surface area contributed by atoms with Crippen molar-refractivity contribution in [2.45, 2.75) is 19.3 Å². The highest BCUT2D eigenvalue weighted by atomic mass is 16.5. The first-order valence-corrected chi connectivity index (χ1v) is 8.60. The Bertz CT molecular complexity index is 883. The highest BCUT2D eigenvalue weighted by molar-refractivity contribution is 5.97. The van der Waals surface area contributed by atoms with E-state index in [1.54, 1.807) is 37.4 Å². The Hall–Kier alpha value is -3.07. The predicted molar refractivity (Wildman–Crippen MR) is 103 cm³/mol. The molecule has 0 radical (unpaired) electrons. The summed E-state index contributed by atoms with van der Waals surface area (Å²) in [5.41, 5.74) is 3.47. The van der Waals surface area contributed by atoms with Crippen LogP contribution in [0, 0.1) is 6.92 Å². The van der Waals surface area contributed by atoms with Gasteiger partial charge in [-0.2, -0.15) is 0 Å². The molecule has 0 aromatic heterocycles. The topological polar surface area (TPSA) is 46.5 Å². The Morgan fingerprint density at radius 3 is 2.35 bits per heavy atom. The average molecular weight is 346 g/mol. The summed E-state index contributed by atoms with van der Waals surface area (Å²) < 4.78 is 5.15. The van der Waals surface area contributed by atoms with E-state index in [1.165, 1.54) is 0 Å². The summed E-state index contributed by atoms with van der Waals surface area (Å²) in [5, 5.41) is 10.4. The minimum atomic E-state index is -0.203. The average Bonchev–Trinajstić information content (AvgIpc) is 2.68. The molecule has 0 aliphatic heterocycles. The van der Waals surface area contributed by atoms with E-state index in [1.807, 2.05) is 49.4 Å². The van der Waals surface area contributed by atoms with Crippen molar-refractivity contribution in [3.05, 3.63) is 95.1 Å². The summed E-state index contributed by atoms with van der Waals surface area (Å²) in [4.78, 5) is 12.9. The van der Waals surface area contributed by atoms with Gasteiger partial charge in [-0.15, -0.1) is 0 Å². The van der Waals surface area contributed by atoms with Gasteiger partial charge in [0.15, 0.2) is 5.78 Å². The maximum absolute atomic E-state index is 12.9. The maximum Gasteiger partial charge on any atom is 0.163 e. The van der Waals surface area contributed by atoms with Crippen LogP contribution in [-0.4, -0.2) is 18.0 Å². The summed E-state index contributed by atoms with van der Waals surface area (Å²) >= 11 is 0. The SMILES string of the molecule is COc1ccc(C(=O)C[C@H](c2ccccc2)c2cc(C)ccc2O)cc1. The largest absolute Gasteiger partial charge is 0.508 e. The van der Waals surface area contributed by atoms with Crippen molar-refractivity contribution in [1.82, 2.24) is 0 Å². The van der Waals surface area contributed by atoms with Crippen LogP contribution in [0.4, 0.5) is 0 Å². The molecule has 3 rings (SSSR count). The van der Waals surface area contributed by atoms with Gasteiger partial charge in [0, 0.05) is 23.5 Å². The number of ether oxygens (including phenoxy) is 1. The third-order valence-electron chi connectivity index (χ3n) is 4.56. The van der Waals surface area contributed by atoms with Gasteiger partial charge < -0.3 is 9.84 Å². The van der Waals surface area contributed by atoms with E-state index in [0.717, 1.165) is 22.4 Å². The maximum atomic E-state index is 12.9. The Morgan fingerprint density at radius 1 is 1.00 bits per heavy atom. The van der Waals surface area contributed by atoms with Gasteiger partial charge >= 0.3 is 0 Å². The lowest BCUT2D eigenvalue weighted by Gasteiger charge is -2.19. The molecule has 0 saturated heterocycles. The Balaban J connectivity index is 1.95. The van der Waals surface area contributed by atoms with E-state index in [9.17, 15) is 9.90 Å². The number of phenolic OH excluding ortho intramolecular Hbond substituents is 1. The van der Waals surface area contributed by atoms with Crippen LogP contribution in [0.1, 0.15) is 39.4 Å². The van der Waals surface area contributed by atoms with Crippen LogP contribution in [0.3, 0.4) is 0 Å². The van der Waals surface area contributed by atoms with Crippen LogP contribution in [0.25, 0.3) is 0 Å². The quantitative estimate of drug-likeness (QED) is 0.631. The van der Waals surface area contributed by atoms with E-state index < -0.39 is 0 Å². The molecule has 3 aromatic rings. The second-order valence-electron chi connectivity index (χ2n) is 6.38. The van der Waals surface area contributed by atoms with Crippen LogP contribution >= 0.6 is 0 Å². The molecule has 0 saturated carbocycles. The van der Waals surface area contributed by atoms with Gasteiger partial charge in [-0.25, -0.2) is 0 Å². The van der Waals surface area contributed by atoms with Crippen molar-refractivity contribution >= 4 is 5.78 Å². The standard InChI is InChI=1S/C23H22O3/c1-16-8-13-22(24)21(14-16)20(17-6-4-3-5-7-17)15-23(25)18-9-11-19(26-2)12-10-18/h3-14,20,24H,15H2,1-2H3/t20-/m1/s1. The minimum absolute atomic E-state index is 0.0300. The van der Waals surface area contributed by atoms with E-state index in [4.69, 9.17) is 4.74 Å². The zero-order valence-corrected chi connectivity index (χ0v) is 15.0. The number of aryl methyl sites for hydroxylation is 1. The van der Waals surface area contributed by atoms with Gasteiger partial charge in [0.25, 0.3) is 0 Å². The molecular weight excluding hydrogens is 324 g/mol. The predicted octanol–water partition coefficient (Wildman–Crippen LogP) is 5.11. The van der Waals surface area contributed by atoms with Crippen LogP contribution < -0.4 is 4.74 Å². The van der Waals surface area contributed by atoms with Crippen molar-refractivity contribution in [1.29, 1.82) is 0 Å².